The van der Waals surface area contributed by atoms with Crippen LogP contribution in [0.3, 0.4) is 0 Å². The Morgan fingerprint density at radius 2 is 2.06 bits per heavy atom. The minimum absolute atomic E-state index is 0. The van der Waals surface area contributed by atoms with Gasteiger partial charge in [0, 0.05) is 13.6 Å². The van der Waals surface area contributed by atoms with Gasteiger partial charge in [0.15, 0.2) is 0 Å². The molecule has 0 spiro atoms. The number of nitrogens with two attached hydrogens (primary N) is 1. The molecule has 0 aromatic carbocycles. The van der Waals surface area contributed by atoms with Gasteiger partial charge in [0.2, 0.25) is 0 Å². The first-order chi connectivity index (χ1) is 7.76. The second kappa shape index (κ2) is 6.96. The summed E-state index contributed by atoms with van der Waals surface area (Å²) in [7, 11) is 1.74. The van der Waals surface area contributed by atoms with Crippen LogP contribution in [0, 0.1) is 5.41 Å². The van der Waals surface area contributed by atoms with E-state index in [1.165, 1.54) is 11.3 Å². The van der Waals surface area contributed by atoms with Crippen LogP contribution in [0.1, 0.15) is 24.2 Å². The zero-order valence-corrected chi connectivity index (χ0v) is 13.6. The molecule has 1 aromatic rings. The average molecular weight is 332 g/mol. The fraction of sp³-hybridized carbons (Fsp3) is 0.545. The topological polar surface area (TPSA) is 46.3 Å². The van der Waals surface area contributed by atoms with Crippen molar-refractivity contribution in [2.45, 2.75) is 13.8 Å². The Balaban J connectivity index is 0.00000289. The number of carbonyl (C=O) groups excluding carboxylic acids is 1. The van der Waals surface area contributed by atoms with Crippen LogP contribution in [-0.4, -0.2) is 30.9 Å². The first-order valence-electron chi connectivity index (χ1n) is 5.17. The number of hydrogen-bond donors (Lipinski definition) is 1. The highest BCUT2D eigenvalue weighted by atomic mass is 35.5. The van der Waals surface area contributed by atoms with Crippen molar-refractivity contribution in [2.75, 3.05) is 20.1 Å². The van der Waals surface area contributed by atoms with Crippen molar-refractivity contribution in [3.63, 3.8) is 0 Å². The molecule has 1 amide bonds. The van der Waals surface area contributed by atoms with Crippen molar-refractivity contribution >= 4 is 52.9 Å². The van der Waals surface area contributed by atoms with Gasteiger partial charge in [-0.2, -0.15) is 0 Å². The van der Waals surface area contributed by atoms with E-state index in [0.29, 0.717) is 27.3 Å². The first-order valence-corrected chi connectivity index (χ1v) is 6.74. The number of rotatable bonds is 4. The summed E-state index contributed by atoms with van der Waals surface area (Å²) in [6.07, 6.45) is 0. The van der Waals surface area contributed by atoms with Gasteiger partial charge < -0.3 is 10.6 Å². The molecule has 0 aliphatic heterocycles. The normalized spacial score (nSPS) is 11.0. The number of hydrogen-bond acceptors (Lipinski definition) is 3. The second-order valence-electron chi connectivity index (χ2n) is 4.77. The monoisotopic (exact) mass is 330 g/mol. The van der Waals surface area contributed by atoms with E-state index < -0.39 is 0 Å². The van der Waals surface area contributed by atoms with E-state index in [2.05, 4.69) is 0 Å². The Kier molecular flexibility index (Phi) is 6.96. The zero-order chi connectivity index (χ0) is 13.2. The maximum absolute atomic E-state index is 12.1. The molecule has 1 rings (SSSR count). The van der Waals surface area contributed by atoms with Gasteiger partial charge in [-0.3, -0.25) is 4.79 Å². The van der Waals surface area contributed by atoms with Gasteiger partial charge in [0.05, 0.1) is 9.90 Å². The Morgan fingerprint density at radius 3 is 2.44 bits per heavy atom. The van der Waals surface area contributed by atoms with Crippen LogP contribution in [0.4, 0.5) is 0 Å². The number of thiophene rings is 1. The SMILES string of the molecule is CN(CC(C)(C)CN)C(=O)c1cc(Cl)sc1Cl.Cl. The van der Waals surface area contributed by atoms with Gasteiger partial charge >= 0.3 is 0 Å². The third-order valence-electron chi connectivity index (χ3n) is 2.45. The summed E-state index contributed by atoms with van der Waals surface area (Å²) in [5, 5.41) is 0. The van der Waals surface area contributed by atoms with E-state index in [-0.39, 0.29) is 23.7 Å². The Bertz CT molecular complexity index is 420. The molecule has 0 fully saturated rings. The number of halogens is 3. The van der Waals surface area contributed by atoms with E-state index in [1.54, 1.807) is 18.0 Å². The highest BCUT2D eigenvalue weighted by Crippen LogP contribution is 2.32. The molecule has 18 heavy (non-hydrogen) atoms. The minimum atomic E-state index is -0.125. The third kappa shape index (κ3) is 4.59. The largest absolute Gasteiger partial charge is 0.341 e. The second-order valence-corrected chi connectivity index (χ2v) is 7.05. The molecule has 0 bridgehead atoms. The van der Waals surface area contributed by atoms with Gasteiger partial charge in [-0.05, 0) is 18.0 Å². The van der Waals surface area contributed by atoms with Crippen LogP contribution >= 0.6 is 46.9 Å². The van der Waals surface area contributed by atoms with Crippen LogP contribution < -0.4 is 5.73 Å². The molecule has 0 atom stereocenters. The van der Waals surface area contributed by atoms with Crippen molar-refractivity contribution in [3.05, 3.63) is 20.3 Å². The molecular weight excluding hydrogens is 315 g/mol. The van der Waals surface area contributed by atoms with Crippen molar-refractivity contribution in [2.24, 2.45) is 11.1 Å². The van der Waals surface area contributed by atoms with E-state index >= 15 is 0 Å². The van der Waals surface area contributed by atoms with E-state index in [0.717, 1.165) is 0 Å². The minimum Gasteiger partial charge on any atom is -0.341 e. The summed E-state index contributed by atoms with van der Waals surface area (Å²) < 4.78 is 0.947. The number of amides is 1. The summed E-state index contributed by atoms with van der Waals surface area (Å²) in [4.78, 5) is 13.7. The van der Waals surface area contributed by atoms with Gasteiger partial charge in [0.25, 0.3) is 5.91 Å². The van der Waals surface area contributed by atoms with E-state index in [4.69, 9.17) is 28.9 Å². The number of nitrogens with zero attached hydrogens (tertiary/aromatic N) is 1. The van der Waals surface area contributed by atoms with Crippen LogP contribution in [0.15, 0.2) is 6.07 Å². The van der Waals surface area contributed by atoms with E-state index in [1.807, 2.05) is 13.8 Å². The molecule has 0 aliphatic carbocycles. The maximum Gasteiger partial charge on any atom is 0.256 e. The van der Waals surface area contributed by atoms with Gasteiger partial charge in [-0.25, -0.2) is 0 Å². The lowest BCUT2D eigenvalue weighted by molar-refractivity contribution is 0.0741. The lowest BCUT2D eigenvalue weighted by Gasteiger charge is -2.28. The van der Waals surface area contributed by atoms with Crippen LogP contribution in [0.5, 0.6) is 0 Å². The Hall–Kier alpha value is -0.000000000000000222. The summed E-state index contributed by atoms with van der Waals surface area (Å²) in [5.41, 5.74) is 5.99. The first kappa shape index (κ1) is 18.0. The molecule has 7 heteroatoms. The van der Waals surface area contributed by atoms with Gasteiger partial charge in [0.1, 0.15) is 4.34 Å². The maximum atomic E-state index is 12.1. The van der Waals surface area contributed by atoms with Gasteiger partial charge in [-0.15, -0.1) is 23.7 Å². The quantitative estimate of drug-likeness (QED) is 0.917. The van der Waals surface area contributed by atoms with Crippen molar-refractivity contribution in [1.29, 1.82) is 0 Å². The highest BCUT2D eigenvalue weighted by Gasteiger charge is 2.24. The fourth-order valence-electron chi connectivity index (χ4n) is 1.47. The summed E-state index contributed by atoms with van der Waals surface area (Å²) in [6, 6.07) is 1.60. The molecule has 0 saturated carbocycles. The third-order valence-corrected chi connectivity index (χ3v) is 3.94. The van der Waals surface area contributed by atoms with Crippen LogP contribution in [-0.2, 0) is 0 Å². The predicted octanol–water partition coefficient (Wildman–Crippen LogP) is 3.53. The zero-order valence-electron chi connectivity index (χ0n) is 10.5. The molecule has 3 nitrogen and oxygen atoms in total. The predicted molar refractivity (Wildman–Crippen MR) is 81.4 cm³/mol. The van der Waals surface area contributed by atoms with Crippen molar-refractivity contribution < 1.29 is 4.79 Å². The summed E-state index contributed by atoms with van der Waals surface area (Å²) in [6.45, 7) is 5.12. The number of carbonyl (C=O) groups is 1. The Labute approximate surface area is 128 Å². The molecule has 0 aliphatic rings. The highest BCUT2D eigenvalue weighted by molar-refractivity contribution is 7.20. The van der Waals surface area contributed by atoms with Crippen LogP contribution in [0.2, 0.25) is 8.67 Å². The summed E-state index contributed by atoms with van der Waals surface area (Å²) >= 11 is 13.0. The lowest BCUT2D eigenvalue weighted by atomic mass is 9.93. The van der Waals surface area contributed by atoms with Crippen LogP contribution in [0.25, 0.3) is 0 Å². The average Bonchev–Trinajstić information content (AvgIpc) is 2.56. The molecule has 0 radical (unpaired) electrons. The van der Waals surface area contributed by atoms with Crippen molar-refractivity contribution in [1.82, 2.24) is 4.90 Å². The van der Waals surface area contributed by atoms with E-state index in [9.17, 15) is 4.79 Å². The van der Waals surface area contributed by atoms with Crippen molar-refractivity contribution in [3.8, 4) is 0 Å². The lowest BCUT2D eigenvalue weighted by Crippen LogP contribution is -2.39. The standard InChI is InChI=1S/C11H16Cl2N2OS.ClH/c1-11(2,5-14)6-15(3)10(16)7-4-8(12)17-9(7)13;/h4H,5-6,14H2,1-3H3;1H. The molecule has 1 heterocycles. The fourth-order valence-corrected chi connectivity index (χ4v) is 2.92. The smallest absolute Gasteiger partial charge is 0.256 e. The molecule has 1 aromatic heterocycles. The molecule has 0 unspecified atom stereocenters. The molecule has 2 N–H and O–H groups in total. The Morgan fingerprint density at radius 1 is 1.50 bits per heavy atom. The van der Waals surface area contributed by atoms with Gasteiger partial charge in [-0.1, -0.05) is 37.0 Å². The molecule has 104 valence electrons. The summed E-state index contributed by atoms with van der Waals surface area (Å²) in [5.74, 6) is -0.125. The molecule has 0 saturated heterocycles. The molecular formula is C11H17Cl3N2OS.